The van der Waals surface area contributed by atoms with Gasteiger partial charge in [-0.1, -0.05) is 109 Å². The summed E-state index contributed by atoms with van der Waals surface area (Å²) in [7, 11) is 0. The molecule has 6 N–H and O–H groups in total. The second kappa shape index (κ2) is 57.1. The minimum Gasteiger partial charge on any atom is -0.466 e. The smallest absolute Gasteiger partial charge is 0.305 e. The number of piperazine rings is 1. The number of hydrogen-bond donors (Lipinski definition) is 6. The summed E-state index contributed by atoms with van der Waals surface area (Å²) in [4.78, 5) is 39.8. The number of carbonyl (C=O) groups is 2. The Kier molecular flexibility index (Phi) is 46.0. The zero-order chi connectivity index (χ0) is 70.4. The molecule has 0 unspecified atom stereocenters. The Morgan fingerprint density at radius 2 is 0.832 bits per heavy atom. The van der Waals surface area contributed by atoms with Crippen molar-refractivity contribution >= 4 is 61.2 Å². The third-order valence-electron chi connectivity index (χ3n) is 15.5. The molecule has 8 fully saturated rings. The molecule has 0 radical (unpaired) electrons. The lowest BCUT2D eigenvalue weighted by Crippen LogP contribution is -2.39. The molecular weight excluding hydrogens is 1270 g/mol. The van der Waals surface area contributed by atoms with Crippen LogP contribution in [0.25, 0.3) is 43.6 Å². The van der Waals surface area contributed by atoms with Crippen molar-refractivity contribution in [3.05, 3.63) is 207 Å². The first-order valence-electron chi connectivity index (χ1n) is 36.1. The van der Waals surface area contributed by atoms with Gasteiger partial charge in [0.2, 0.25) is 0 Å². The summed E-state index contributed by atoms with van der Waals surface area (Å²) < 4.78 is 38.4. The molecule has 21 heteroatoms. The molecule has 10 aromatic rings. The Morgan fingerprint density at radius 3 is 1.28 bits per heavy atom. The Hall–Kier alpha value is -8.61. The number of anilines is 1. The van der Waals surface area contributed by atoms with Crippen molar-refractivity contribution in [2.45, 2.75) is 89.9 Å². The lowest BCUT2D eigenvalue weighted by molar-refractivity contribution is -0.146. The first-order chi connectivity index (χ1) is 50.1. The average molecular weight is 1380 g/mol. The molecule has 0 bridgehead atoms. The Balaban J connectivity index is 0.000000172. The Morgan fingerprint density at radius 1 is 0.327 bits per heavy atom. The highest BCUT2D eigenvalue weighted by Gasteiger charge is 2.09. The number of cyclic esters (lactones) is 2. The number of hydrogen-bond acceptors (Lipinski definition) is 20. The fourth-order valence-electron chi connectivity index (χ4n) is 10.0. The van der Waals surface area contributed by atoms with Crippen LogP contribution >= 0.6 is 0 Å². The number of piperidine rings is 1. The Labute approximate surface area is 597 Å². The highest BCUT2D eigenvalue weighted by atomic mass is 16.6. The number of benzene rings is 5. The van der Waals surface area contributed by atoms with Crippen molar-refractivity contribution in [2.24, 2.45) is 0 Å². The normalized spacial score (nSPS) is 16.6. The second-order valence-corrected chi connectivity index (χ2v) is 23.4. The number of aromatic nitrogens is 6. The number of carbonyl (C=O) groups excluding carboxylic acids is 2. The second-order valence-electron chi connectivity index (χ2n) is 23.4. The third-order valence-corrected chi connectivity index (χ3v) is 15.5. The molecular formula is C80H109N11O10. The molecule has 0 atom stereocenters. The molecule has 19 rings (SSSR count). The van der Waals surface area contributed by atoms with Gasteiger partial charge in [-0.3, -0.25) is 29.5 Å². The number of nitrogens with zero attached hydrogens (tertiary/aromatic N) is 5. The molecule has 0 saturated carbocycles. The van der Waals surface area contributed by atoms with Crippen LogP contribution in [0.1, 0.15) is 89.0 Å². The van der Waals surface area contributed by atoms with Gasteiger partial charge in [0.25, 0.3) is 0 Å². The summed E-state index contributed by atoms with van der Waals surface area (Å²) >= 11 is 0. The average Bonchev–Trinajstić information content (AvgIpc) is 1.58. The van der Waals surface area contributed by atoms with E-state index in [0.717, 1.165) is 148 Å². The van der Waals surface area contributed by atoms with E-state index >= 15 is 0 Å². The predicted octanol–water partition coefficient (Wildman–Crippen LogP) is 13.2. The third kappa shape index (κ3) is 40.4. The number of para-hydroxylation sites is 5. The van der Waals surface area contributed by atoms with Gasteiger partial charge in [0.1, 0.15) is 6.26 Å². The number of nitrogens with one attached hydrogen (secondary N) is 6. The molecule has 8 saturated heterocycles. The molecule has 544 valence electrons. The molecule has 9 aliphatic heterocycles. The van der Waals surface area contributed by atoms with E-state index in [2.05, 4.69) is 137 Å². The number of ether oxygens (including phenoxy) is 7. The molecule has 14 heterocycles. The van der Waals surface area contributed by atoms with Crippen LogP contribution < -0.4 is 26.6 Å². The number of fused-ring (bicyclic) bond motifs is 5. The summed E-state index contributed by atoms with van der Waals surface area (Å²) in [5.74, 6) is -0.0822. The van der Waals surface area contributed by atoms with Gasteiger partial charge >= 0.3 is 11.9 Å². The van der Waals surface area contributed by atoms with E-state index < -0.39 is 0 Å². The quantitative estimate of drug-likeness (QED) is 0.0772. The Bertz CT molecular complexity index is 2990. The highest BCUT2D eigenvalue weighted by Crippen LogP contribution is 2.20. The maximum Gasteiger partial charge on any atom is 0.305 e. The number of esters is 2. The van der Waals surface area contributed by atoms with Crippen molar-refractivity contribution in [2.75, 3.05) is 144 Å². The van der Waals surface area contributed by atoms with Crippen LogP contribution in [0.5, 0.6) is 0 Å². The molecule has 0 spiro atoms. The zero-order valence-corrected chi connectivity index (χ0v) is 59.1. The van der Waals surface area contributed by atoms with Gasteiger partial charge in [-0.2, -0.15) is 0 Å². The topological polar surface area (TPSA) is 252 Å². The van der Waals surface area contributed by atoms with Crippen molar-refractivity contribution in [3.8, 4) is 0 Å². The van der Waals surface area contributed by atoms with Gasteiger partial charge in [-0.25, -0.2) is 0 Å². The van der Waals surface area contributed by atoms with E-state index in [1.807, 2.05) is 104 Å². The van der Waals surface area contributed by atoms with Gasteiger partial charge < -0.3 is 69.2 Å². The molecule has 0 amide bonds. The van der Waals surface area contributed by atoms with E-state index in [1.54, 1.807) is 24.7 Å². The number of rotatable bonds is 0. The van der Waals surface area contributed by atoms with E-state index in [9.17, 15) is 9.59 Å². The molecule has 101 heavy (non-hydrogen) atoms. The number of pyridine rings is 2. The summed E-state index contributed by atoms with van der Waals surface area (Å²) in [6.07, 6.45) is 30.0. The maximum absolute atomic E-state index is 10.2. The molecule has 5 aromatic heterocycles. The first-order valence-corrected chi connectivity index (χ1v) is 36.1. The summed E-state index contributed by atoms with van der Waals surface area (Å²) in [6, 6.07) is 50.5. The van der Waals surface area contributed by atoms with Crippen LogP contribution in [0.2, 0.25) is 0 Å². The van der Waals surface area contributed by atoms with Crippen molar-refractivity contribution in [1.82, 2.24) is 51.3 Å². The van der Waals surface area contributed by atoms with Gasteiger partial charge in [0.15, 0.2) is 0 Å². The molecule has 5 aromatic carbocycles. The van der Waals surface area contributed by atoms with Crippen LogP contribution in [0.3, 0.4) is 0 Å². The molecule has 0 aliphatic carbocycles. The van der Waals surface area contributed by atoms with Crippen LogP contribution in [-0.2, 0) is 49.2 Å². The van der Waals surface area contributed by atoms with Crippen LogP contribution in [-0.4, -0.2) is 180 Å². The predicted molar refractivity (Wildman–Crippen MR) is 404 cm³/mol. The van der Waals surface area contributed by atoms with Crippen molar-refractivity contribution in [3.63, 3.8) is 0 Å². The first kappa shape index (κ1) is 81.4. The summed E-state index contributed by atoms with van der Waals surface area (Å²) in [5, 5.41) is 24.5. The van der Waals surface area contributed by atoms with Crippen LogP contribution in [0.15, 0.2) is 206 Å². The van der Waals surface area contributed by atoms with Gasteiger partial charge in [-0.05, 0) is 160 Å². The lowest BCUT2D eigenvalue weighted by Gasteiger charge is -2.11. The van der Waals surface area contributed by atoms with E-state index in [-0.39, 0.29) is 11.9 Å². The van der Waals surface area contributed by atoms with Crippen molar-refractivity contribution in [1.29, 1.82) is 0 Å². The van der Waals surface area contributed by atoms with Gasteiger partial charge in [0.05, 0.1) is 75.6 Å². The van der Waals surface area contributed by atoms with Crippen LogP contribution in [0.4, 0.5) is 5.69 Å². The highest BCUT2D eigenvalue weighted by molar-refractivity contribution is 5.81. The maximum atomic E-state index is 10.2. The summed E-state index contributed by atoms with van der Waals surface area (Å²) in [5.41, 5.74) is 6.94. The number of aromatic amines is 1. The van der Waals surface area contributed by atoms with Gasteiger partial charge in [0, 0.05) is 139 Å². The zero-order valence-electron chi connectivity index (χ0n) is 59.1. The summed E-state index contributed by atoms with van der Waals surface area (Å²) in [6.45, 7) is 20.4. The van der Waals surface area contributed by atoms with E-state index in [4.69, 9.17) is 23.7 Å². The fourth-order valence-corrected chi connectivity index (χ4v) is 10.0. The van der Waals surface area contributed by atoms with E-state index in [1.165, 1.54) is 115 Å². The molecule has 9 aliphatic rings. The standard InChI is InChI=1S/2C9H7N.C8H6N2.C8H9N.C8H7N.C5H11N.C5H8O2.C5H10O.C4H10N2.C4H9NO.C4H8O2.C4H6O2.C4H8O.C3H3NO/c1-2-6-9-8(4-1)5-3-7-10-9;1-2-4-9-7-10-6-5-8(9)3-1;1-2-4-8-7(3-1)9-5-6-10-8;2*1-2-4-8-7(3-1)5-6-9-8;1-2-4-6-5-3-1;6-5-3-1-2-4-7-5;1-2-4-6-5-3-1;1-2-6-4-3-5-1;1-3-6-4-2-5-1;1-2-6-4-3-5-1;5-4-2-1-3-6-4;2*1-2-4-5-3-1/h2*1-7H;1-6H;1-4,9H,5-6H2;1-6,9H;6H,1-5H2;1-4H2;1-5H2;5-6H,1-4H2;5H,1-4H2;1-4H2;1-3H2;1-4H2;1-3H. The number of H-pyrrole nitrogens is 1. The SMILES string of the molecule is C1CCNCC1.C1CCOC1.C1CCOCC1.C1CNCCN1.C1COCCN1.C1COCCO1.O=C1CCCCO1.O=C1CCCO1.c1ccc2[nH]ccc2c1.c1ccc2c(c1)CCN2.c1ccc2cnccc2c1.c1ccc2ncccc2c1.c1ccc2nccnc2c1.c1cnoc1. The lowest BCUT2D eigenvalue weighted by atomic mass is 10.2. The van der Waals surface area contributed by atoms with Crippen LogP contribution in [0, 0.1) is 0 Å². The molecule has 21 nitrogen and oxygen atoms in total. The van der Waals surface area contributed by atoms with E-state index in [0.29, 0.717) is 26.1 Å². The number of morpholine rings is 1. The van der Waals surface area contributed by atoms with Gasteiger partial charge in [-0.15, -0.1) is 0 Å². The monoisotopic (exact) mass is 1380 g/mol. The fraction of sp³-hybridized carbons (Fsp3) is 0.438. The minimum atomic E-state index is -0.0463. The van der Waals surface area contributed by atoms with Crippen molar-refractivity contribution < 1.29 is 47.3 Å². The largest absolute Gasteiger partial charge is 0.466 e. The minimum absolute atomic E-state index is 0.0359.